The van der Waals surface area contributed by atoms with Gasteiger partial charge in [-0.3, -0.25) is 4.79 Å². The number of primary amides is 1. The first kappa shape index (κ1) is 18.0. The van der Waals surface area contributed by atoms with Gasteiger partial charge < -0.3 is 25.3 Å². The molecule has 2 aromatic carbocycles. The molecule has 0 aromatic heterocycles. The van der Waals surface area contributed by atoms with E-state index < -0.39 is 11.9 Å². The van der Waals surface area contributed by atoms with Crippen molar-refractivity contribution in [2.45, 2.75) is 25.9 Å². The zero-order valence-corrected chi connectivity index (χ0v) is 14.5. The van der Waals surface area contributed by atoms with E-state index in [1.165, 1.54) is 6.07 Å². The van der Waals surface area contributed by atoms with Crippen molar-refractivity contribution in [2.75, 3.05) is 13.4 Å². The highest BCUT2D eigenvalue weighted by atomic mass is 19.1. The molecule has 1 heterocycles. The molecule has 0 fully saturated rings. The van der Waals surface area contributed by atoms with Crippen LogP contribution in [0.4, 0.5) is 4.39 Å². The number of halogens is 1. The van der Waals surface area contributed by atoms with Crippen LogP contribution in [-0.4, -0.2) is 25.3 Å². The Morgan fingerprint density at radius 2 is 2.00 bits per heavy atom. The summed E-state index contributed by atoms with van der Waals surface area (Å²) in [5.74, 6) is 0.973. The van der Waals surface area contributed by atoms with Gasteiger partial charge in [-0.15, -0.1) is 0 Å². The van der Waals surface area contributed by atoms with Crippen LogP contribution in [0.1, 0.15) is 18.1 Å². The van der Waals surface area contributed by atoms with E-state index in [2.05, 4.69) is 5.32 Å². The van der Waals surface area contributed by atoms with Crippen molar-refractivity contribution >= 4 is 5.91 Å². The fraction of sp³-hybridized carbons (Fsp3) is 0.316. The Bertz CT molecular complexity index is 797. The number of benzene rings is 2. The number of carbonyl (C=O) groups excluding carboxylic acids is 1. The second-order valence-electron chi connectivity index (χ2n) is 5.98. The zero-order valence-electron chi connectivity index (χ0n) is 14.5. The topological polar surface area (TPSA) is 82.8 Å². The minimum Gasteiger partial charge on any atom is -0.489 e. The maximum atomic E-state index is 13.7. The zero-order chi connectivity index (χ0) is 18.5. The van der Waals surface area contributed by atoms with Crippen LogP contribution in [0, 0.1) is 5.82 Å². The van der Waals surface area contributed by atoms with E-state index in [4.69, 9.17) is 19.9 Å². The molecule has 2 aromatic rings. The average molecular weight is 360 g/mol. The molecular formula is C19H21FN2O4. The number of fused-ring (bicyclic) bond motifs is 1. The van der Waals surface area contributed by atoms with E-state index in [0.717, 1.165) is 5.56 Å². The van der Waals surface area contributed by atoms with Crippen molar-refractivity contribution in [1.82, 2.24) is 5.32 Å². The van der Waals surface area contributed by atoms with Crippen LogP contribution in [0.25, 0.3) is 0 Å². The molecule has 0 bridgehead atoms. The quantitative estimate of drug-likeness (QED) is 0.754. The molecule has 1 amide bonds. The molecule has 0 saturated carbocycles. The Kier molecular flexibility index (Phi) is 5.58. The molecule has 26 heavy (non-hydrogen) atoms. The number of rotatable bonds is 8. The van der Waals surface area contributed by atoms with Crippen LogP contribution in [0.3, 0.4) is 0 Å². The van der Waals surface area contributed by atoms with Crippen molar-refractivity contribution in [2.24, 2.45) is 5.73 Å². The van der Waals surface area contributed by atoms with Gasteiger partial charge in [0, 0.05) is 18.5 Å². The van der Waals surface area contributed by atoms with E-state index in [0.29, 0.717) is 42.4 Å². The van der Waals surface area contributed by atoms with Gasteiger partial charge in [-0.2, -0.15) is 0 Å². The summed E-state index contributed by atoms with van der Waals surface area (Å²) in [4.78, 5) is 11.1. The smallest absolute Gasteiger partial charge is 0.234 e. The third kappa shape index (κ3) is 4.05. The fourth-order valence-electron chi connectivity index (χ4n) is 2.62. The van der Waals surface area contributed by atoms with Crippen LogP contribution in [0.5, 0.6) is 17.2 Å². The molecule has 0 unspecified atom stereocenters. The number of hydrogen-bond acceptors (Lipinski definition) is 5. The van der Waals surface area contributed by atoms with Crippen molar-refractivity contribution in [1.29, 1.82) is 0 Å². The van der Waals surface area contributed by atoms with Gasteiger partial charge in [-0.05, 0) is 24.6 Å². The summed E-state index contributed by atoms with van der Waals surface area (Å²) < 4.78 is 30.5. The summed E-state index contributed by atoms with van der Waals surface area (Å²) >= 11 is 0. The monoisotopic (exact) mass is 360 g/mol. The third-order valence-corrected chi connectivity index (χ3v) is 4.18. The fourth-order valence-corrected chi connectivity index (χ4v) is 2.62. The molecule has 0 radical (unpaired) electrons. The maximum Gasteiger partial charge on any atom is 0.234 e. The molecule has 6 nitrogen and oxygen atoms in total. The standard InChI is InChI=1S/C19H21FN2O4/c1-12(19(21)23)22-10-14-6-7-16(18-17(14)25-11-26-18)24-9-8-13-4-2-3-5-15(13)20/h2-7,12,22H,8-11H2,1H3,(H2,21,23)/t12-/m0/s1. The molecule has 7 heteroatoms. The van der Waals surface area contributed by atoms with Crippen LogP contribution in [-0.2, 0) is 17.8 Å². The predicted octanol–water partition coefficient (Wildman–Crippen LogP) is 2.14. The molecular weight excluding hydrogens is 339 g/mol. The number of nitrogens with one attached hydrogen (secondary N) is 1. The van der Waals surface area contributed by atoms with Gasteiger partial charge in [0.25, 0.3) is 0 Å². The van der Waals surface area contributed by atoms with Gasteiger partial charge in [-0.25, -0.2) is 4.39 Å². The number of amides is 1. The Labute approximate surface area is 151 Å². The molecule has 1 aliphatic rings. The summed E-state index contributed by atoms with van der Waals surface area (Å²) in [5.41, 5.74) is 6.69. The Balaban J connectivity index is 1.65. The van der Waals surface area contributed by atoms with E-state index in [9.17, 15) is 9.18 Å². The molecule has 0 spiro atoms. The Hall–Kier alpha value is -2.80. The van der Waals surface area contributed by atoms with Gasteiger partial charge in [0.15, 0.2) is 11.5 Å². The summed E-state index contributed by atoms with van der Waals surface area (Å²) in [6.45, 7) is 2.51. The first-order valence-corrected chi connectivity index (χ1v) is 8.36. The first-order valence-electron chi connectivity index (χ1n) is 8.36. The van der Waals surface area contributed by atoms with Gasteiger partial charge >= 0.3 is 0 Å². The predicted molar refractivity (Wildman–Crippen MR) is 93.7 cm³/mol. The lowest BCUT2D eigenvalue weighted by Gasteiger charge is -2.14. The van der Waals surface area contributed by atoms with Crippen LogP contribution in [0.15, 0.2) is 36.4 Å². The largest absolute Gasteiger partial charge is 0.489 e. The lowest BCUT2D eigenvalue weighted by molar-refractivity contribution is -0.119. The van der Waals surface area contributed by atoms with Gasteiger partial charge in [0.05, 0.1) is 12.6 Å². The van der Waals surface area contributed by atoms with Gasteiger partial charge in [0.1, 0.15) is 5.82 Å². The molecule has 3 rings (SSSR count). The minimum absolute atomic E-state index is 0.0986. The molecule has 0 aliphatic carbocycles. The molecule has 0 saturated heterocycles. The van der Waals surface area contributed by atoms with Crippen molar-refractivity contribution in [3.8, 4) is 17.2 Å². The number of hydrogen-bond donors (Lipinski definition) is 2. The van der Waals surface area contributed by atoms with Crippen LogP contribution in [0.2, 0.25) is 0 Å². The van der Waals surface area contributed by atoms with E-state index in [1.807, 2.05) is 6.07 Å². The summed E-state index contributed by atoms with van der Waals surface area (Å²) in [7, 11) is 0. The summed E-state index contributed by atoms with van der Waals surface area (Å²) in [6.07, 6.45) is 0.446. The van der Waals surface area contributed by atoms with Crippen LogP contribution >= 0.6 is 0 Å². The Morgan fingerprint density at radius 3 is 2.77 bits per heavy atom. The molecule has 3 N–H and O–H groups in total. The molecule has 138 valence electrons. The number of nitrogens with two attached hydrogens (primary N) is 1. The van der Waals surface area contributed by atoms with Gasteiger partial charge in [-0.1, -0.05) is 24.3 Å². The van der Waals surface area contributed by atoms with Crippen molar-refractivity contribution in [3.63, 3.8) is 0 Å². The first-order chi connectivity index (χ1) is 12.6. The van der Waals surface area contributed by atoms with Crippen molar-refractivity contribution < 1.29 is 23.4 Å². The number of carbonyl (C=O) groups is 1. The lowest BCUT2D eigenvalue weighted by atomic mass is 10.1. The number of ether oxygens (including phenoxy) is 3. The molecule has 1 aliphatic heterocycles. The molecule has 1 atom stereocenters. The highest BCUT2D eigenvalue weighted by Gasteiger charge is 2.23. The minimum atomic E-state index is -0.454. The second kappa shape index (κ2) is 8.05. The van der Waals surface area contributed by atoms with Gasteiger partial charge in [0.2, 0.25) is 18.4 Å². The lowest BCUT2D eigenvalue weighted by Crippen LogP contribution is -2.38. The van der Waals surface area contributed by atoms with E-state index in [-0.39, 0.29) is 12.6 Å². The third-order valence-electron chi connectivity index (χ3n) is 4.18. The van der Waals surface area contributed by atoms with E-state index >= 15 is 0 Å². The average Bonchev–Trinajstić information content (AvgIpc) is 3.12. The SMILES string of the molecule is C[C@H](NCc1ccc(OCCc2ccccc2F)c2c1OCO2)C(N)=O. The van der Waals surface area contributed by atoms with E-state index in [1.54, 1.807) is 31.2 Å². The Morgan fingerprint density at radius 1 is 1.23 bits per heavy atom. The second-order valence-corrected chi connectivity index (χ2v) is 5.98. The normalized spacial score (nSPS) is 13.5. The summed E-state index contributed by atoms with van der Waals surface area (Å²) in [6, 6.07) is 9.78. The van der Waals surface area contributed by atoms with Crippen molar-refractivity contribution in [3.05, 3.63) is 53.3 Å². The van der Waals surface area contributed by atoms with Crippen LogP contribution < -0.4 is 25.3 Å². The summed E-state index contributed by atoms with van der Waals surface area (Å²) in [5, 5.41) is 3.03. The highest BCUT2D eigenvalue weighted by Crippen LogP contribution is 2.43. The maximum absolute atomic E-state index is 13.7. The highest BCUT2D eigenvalue weighted by molar-refractivity contribution is 5.79.